The molecule has 7 nitrogen and oxygen atoms in total. The zero-order valence-electron chi connectivity index (χ0n) is 22.6. The van der Waals surface area contributed by atoms with Crippen LogP contribution in [0.1, 0.15) is 74.8 Å². The Bertz CT molecular complexity index is 1430. The summed E-state index contributed by atoms with van der Waals surface area (Å²) >= 11 is 0. The minimum atomic E-state index is -0.942. The number of aliphatic hydroxyl groups is 1. The standard InChI is InChI=1S/C30H39N5O2/c1-18(2)27-24-13-21(20-8-10-31-11-9-20)6-7-25(24)34-28(27)22-12-19(3)29-33-23(16-35(29)15-22)14-26(36)32-17-30(4,5)37/h6-7,12-13,15-16,18,20,31,34,37H,8-11,14,17H2,1-5H3,(H,32,36). The highest BCUT2D eigenvalue weighted by Crippen LogP contribution is 2.38. The fourth-order valence-corrected chi connectivity index (χ4v) is 5.55. The number of H-pyrrole nitrogens is 1. The summed E-state index contributed by atoms with van der Waals surface area (Å²) < 4.78 is 2.03. The molecule has 37 heavy (non-hydrogen) atoms. The van der Waals surface area contributed by atoms with E-state index >= 15 is 0 Å². The summed E-state index contributed by atoms with van der Waals surface area (Å²) in [6.07, 6.45) is 6.60. The van der Waals surface area contributed by atoms with Crippen LogP contribution in [0.15, 0.2) is 36.7 Å². The average molecular weight is 502 g/mol. The van der Waals surface area contributed by atoms with Gasteiger partial charge in [0.1, 0.15) is 5.65 Å². The molecule has 1 aromatic carbocycles. The van der Waals surface area contributed by atoms with Crippen LogP contribution in [0.5, 0.6) is 0 Å². The van der Waals surface area contributed by atoms with Crippen molar-refractivity contribution in [3.8, 4) is 11.3 Å². The van der Waals surface area contributed by atoms with E-state index in [1.54, 1.807) is 13.8 Å². The Kier molecular flexibility index (Phi) is 6.86. The van der Waals surface area contributed by atoms with Gasteiger partial charge >= 0.3 is 0 Å². The predicted octanol–water partition coefficient (Wildman–Crippen LogP) is 4.81. The first kappa shape index (κ1) is 25.5. The summed E-state index contributed by atoms with van der Waals surface area (Å²) in [6.45, 7) is 12.3. The second kappa shape index (κ2) is 9.95. The highest BCUT2D eigenvalue weighted by Gasteiger charge is 2.21. The highest BCUT2D eigenvalue weighted by molar-refractivity contribution is 5.92. The molecule has 1 aliphatic heterocycles. The minimum absolute atomic E-state index is 0.148. The van der Waals surface area contributed by atoms with Crippen molar-refractivity contribution in [2.45, 2.75) is 71.3 Å². The number of amides is 1. The van der Waals surface area contributed by atoms with Crippen LogP contribution in [0, 0.1) is 6.92 Å². The largest absolute Gasteiger partial charge is 0.389 e. The van der Waals surface area contributed by atoms with Crippen LogP contribution in [-0.4, -0.2) is 50.6 Å². The van der Waals surface area contributed by atoms with Gasteiger partial charge in [-0.05, 0) is 93.4 Å². The van der Waals surface area contributed by atoms with Crippen LogP contribution < -0.4 is 10.6 Å². The molecule has 0 spiro atoms. The van der Waals surface area contributed by atoms with Gasteiger partial charge < -0.3 is 25.1 Å². The first-order valence-corrected chi connectivity index (χ1v) is 13.4. The molecular formula is C30H39N5O2. The van der Waals surface area contributed by atoms with Gasteiger partial charge in [0.05, 0.1) is 23.4 Å². The van der Waals surface area contributed by atoms with E-state index in [-0.39, 0.29) is 18.9 Å². The molecule has 0 radical (unpaired) electrons. The number of carbonyl (C=O) groups is 1. The first-order valence-electron chi connectivity index (χ1n) is 13.4. The number of hydrogen-bond acceptors (Lipinski definition) is 4. The number of piperidine rings is 1. The Hall–Kier alpha value is -3.16. The summed E-state index contributed by atoms with van der Waals surface area (Å²) in [5.74, 6) is 0.833. The van der Waals surface area contributed by atoms with Gasteiger partial charge in [-0.2, -0.15) is 0 Å². The van der Waals surface area contributed by atoms with Crippen molar-refractivity contribution in [1.29, 1.82) is 0 Å². The van der Waals surface area contributed by atoms with E-state index in [1.165, 1.54) is 34.9 Å². The molecule has 1 aliphatic rings. The average Bonchev–Trinajstić information content (AvgIpc) is 3.44. The maximum absolute atomic E-state index is 12.4. The van der Waals surface area contributed by atoms with Crippen LogP contribution in [0.25, 0.3) is 27.8 Å². The van der Waals surface area contributed by atoms with Crippen molar-refractivity contribution >= 4 is 22.5 Å². The van der Waals surface area contributed by atoms with Crippen LogP contribution in [-0.2, 0) is 11.2 Å². The number of rotatable bonds is 7. The fraction of sp³-hybridized carbons (Fsp3) is 0.467. The van der Waals surface area contributed by atoms with Crippen molar-refractivity contribution in [2.75, 3.05) is 19.6 Å². The second-order valence-electron chi connectivity index (χ2n) is 11.5. The van der Waals surface area contributed by atoms with Crippen LogP contribution in [0.2, 0.25) is 0 Å². The smallest absolute Gasteiger partial charge is 0.226 e. The number of hydrogen-bond donors (Lipinski definition) is 4. The highest BCUT2D eigenvalue weighted by atomic mass is 16.3. The molecule has 0 atom stereocenters. The predicted molar refractivity (Wildman–Crippen MR) is 149 cm³/mol. The quantitative estimate of drug-likeness (QED) is 0.292. The zero-order chi connectivity index (χ0) is 26.3. The molecule has 196 valence electrons. The number of imidazole rings is 1. The second-order valence-corrected chi connectivity index (χ2v) is 11.5. The van der Waals surface area contributed by atoms with E-state index in [0.717, 1.165) is 35.6 Å². The van der Waals surface area contributed by atoms with Crippen LogP contribution in [0.4, 0.5) is 0 Å². The summed E-state index contributed by atoms with van der Waals surface area (Å²) in [6, 6.07) is 9.13. The molecule has 4 heterocycles. The molecule has 0 aliphatic carbocycles. The van der Waals surface area contributed by atoms with E-state index in [4.69, 9.17) is 4.98 Å². The van der Waals surface area contributed by atoms with Gasteiger partial charge in [-0.3, -0.25) is 4.79 Å². The van der Waals surface area contributed by atoms with Crippen LogP contribution >= 0.6 is 0 Å². The normalized spacial score (nSPS) is 15.2. The third-order valence-corrected chi connectivity index (χ3v) is 7.38. The number of carbonyl (C=O) groups excluding carboxylic acids is 1. The lowest BCUT2D eigenvalue weighted by molar-refractivity contribution is -0.121. The number of pyridine rings is 1. The molecule has 3 aromatic heterocycles. The zero-order valence-corrected chi connectivity index (χ0v) is 22.6. The molecule has 0 saturated carbocycles. The summed E-state index contributed by atoms with van der Waals surface area (Å²) in [7, 11) is 0. The van der Waals surface area contributed by atoms with Gasteiger partial charge in [-0.15, -0.1) is 0 Å². The lowest BCUT2D eigenvalue weighted by Gasteiger charge is -2.23. The molecule has 0 unspecified atom stereocenters. The van der Waals surface area contributed by atoms with Gasteiger partial charge in [0.15, 0.2) is 0 Å². The number of aromatic amines is 1. The summed E-state index contributed by atoms with van der Waals surface area (Å²) in [4.78, 5) is 20.8. The van der Waals surface area contributed by atoms with Gasteiger partial charge in [0.2, 0.25) is 5.91 Å². The maximum Gasteiger partial charge on any atom is 0.226 e. The third-order valence-electron chi connectivity index (χ3n) is 7.38. The third kappa shape index (κ3) is 5.43. The Balaban J connectivity index is 1.49. The molecule has 4 N–H and O–H groups in total. The Morgan fingerprint density at radius 3 is 2.68 bits per heavy atom. The van der Waals surface area contributed by atoms with Crippen molar-refractivity contribution in [3.63, 3.8) is 0 Å². The van der Waals surface area contributed by atoms with Crippen molar-refractivity contribution in [3.05, 3.63) is 59.0 Å². The number of nitrogens with zero attached hydrogens (tertiary/aromatic N) is 2. The minimum Gasteiger partial charge on any atom is -0.389 e. The van der Waals surface area contributed by atoms with Crippen molar-refractivity contribution < 1.29 is 9.90 Å². The molecule has 1 amide bonds. The van der Waals surface area contributed by atoms with Crippen molar-refractivity contribution in [2.24, 2.45) is 0 Å². The molecule has 0 bridgehead atoms. The molecule has 4 aromatic rings. The van der Waals surface area contributed by atoms with E-state index in [0.29, 0.717) is 17.5 Å². The lowest BCUT2D eigenvalue weighted by Crippen LogP contribution is -2.38. The summed E-state index contributed by atoms with van der Waals surface area (Å²) in [5.41, 5.74) is 7.89. The topological polar surface area (TPSA) is 94.5 Å². The Morgan fingerprint density at radius 2 is 1.97 bits per heavy atom. The molecular weight excluding hydrogens is 462 g/mol. The fourth-order valence-electron chi connectivity index (χ4n) is 5.55. The van der Waals surface area contributed by atoms with Gasteiger partial charge in [-0.25, -0.2) is 4.98 Å². The maximum atomic E-state index is 12.4. The number of aryl methyl sites for hydroxylation is 1. The molecule has 5 rings (SSSR count). The van der Waals surface area contributed by atoms with Gasteiger partial charge in [-0.1, -0.05) is 19.9 Å². The SMILES string of the molecule is Cc1cc(-c2[nH]c3ccc(C4CCNCC4)cc3c2C(C)C)cn2cc(CC(=O)NCC(C)(C)O)nc12. The summed E-state index contributed by atoms with van der Waals surface area (Å²) in [5, 5.41) is 17.4. The molecule has 1 saturated heterocycles. The van der Waals surface area contributed by atoms with Gasteiger partial charge in [0, 0.05) is 35.4 Å². The van der Waals surface area contributed by atoms with E-state index in [1.807, 2.05) is 10.6 Å². The van der Waals surface area contributed by atoms with Crippen LogP contribution in [0.3, 0.4) is 0 Å². The monoisotopic (exact) mass is 501 g/mol. The lowest BCUT2D eigenvalue weighted by atomic mass is 9.88. The Morgan fingerprint density at radius 1 is 1.22 bits per heavy atom. The number of fused-ring (bicyclic) bond motifs is 2. The number of aromatic nitrogens is 3. The van der Waals surface area contributed by atoms with E-state index in [9.17, 15) is 9.90 Å². The van der Waals surface area contributed by atoms with Crippen molar-refractivity contribution in [1.82, 2.24) is 25.0 Å². The first-order chi connectivity index (χ1) is 17.6. The number of benzene rings is 1. The molecule has 7 heteroatoms. The molecule has 1 fully saturated rings. The number of nitrogens with one attached hydrogen (secondary N) is 3. The van der Waals surface area contributed by atoms with E-state index < -0.39 is 5.60 Å². The van der Waals surface area contributed by atoms with Gasteiger partial charge in [0.25, 0.3) is 0 Å². The van der Waals surface area contributed by atoms with E-state index in [2.05, 4.69) is 66.9 Å². The Labute approximate surface area is 218 Å².